The predicted molar refractivity (Wildman–Crippen MR) is 90.0 cm³/mol. The maximum atomic E-state index is 12.1. The molecule has 0 aromatic carbocycles. The van der Waals surface area contributed by atoms with Gasteiger partial charge < -0.3 is 15.0 Å². The van der Waals surface area contributed by atoms with Gasteiger partial charge in [-0.25, -0.2) is 4.79 Å². The number of ether oxygens (including phenoxy) is 1. The van der Waals surface area contributed by atoms with Crippen molar-refractivity contribution in [2.75, 3.05) is 13.1 Å². The van der Waals surface area contributed by atoms with Crippen molar-refractivity contribution in [3.05, 3.63) is 0 Å². The summed E-state index contributed by atoms with van der Waals surface area (Å²) >= 11 is 0. The molecule has 4 nitrogen and oxygen atoms in total. The molecule has 2 unspecified atom stereocenters. The van der Waals surface area contributed by atoms with E-state index in [1.807, 2.05) is 25.7 Å². The highest BCUT2D eigenvalue weighted by molar-refractivity contribution is 5.68. The summed E-state index contributed by atoms with van der Waals surface area (Å²) < 4.78 is 5.46. The molecular formula is C18H34N2O2. The summed E-state index contributed by atoms with van der Waals surface area (Å²) in [5, 5.41) is 3.85. The van der Waals surface area contributed by atoms with Crippen molar-refractivity contribution in [2.45, 2.75) is 90.3 Å². The summed E-state index contributed by atoms with van der Waals surface area (Å²) in [5.74, 6) is 0.890. The minimum Gasteiger partial charge on any atom is -0.444 e. The summed E-state index contributed by atoms with van der Waals surface area (Å²) in [4.78, 5) is 13.9. The van der Waals surface area contributed by atoms with E-state index in [-0.39, 0.29) is 6.09 Å². The third-order valence-corrected chi connectivity index (χ3v) is 4.88. The molecule has 0 aromatic heterocycles. The van der Waals surface area contributed by atoms with Gasteiger partial charge >= 0.3 is 6.09 Å². The van der Waals surface area contributed by atoms with E-state index in [4.69, 9.17) is 4.74 Å². The Balaban J connectivity index is 1.71. The van der Waals surface area contributed by atoms with E-state index < -0.39 is 5.60 Å². The first-order valence-electron chi connectivity index (χ1n) is 9.07. The zero-order valence-electron chi connectivity index (χ0n) is 14.9. The zero-order valence-corrected chi connectivity index (χ0v) is 14.9. The number of piperidine rings is 1. The lowest BCUT2D eigenvalue weighted by Crippen LogP contribution is -2.48. The molecule has 2 rings (SSSR count). The number of nitrogens with zero attached hydrogens (tertiary/aromatic N) is 1. The molecular weight excluding hydrogens is 276 g/mol. The molecule has 2 atom stereocenters. The highest BCUT2D eigenvalue weighted by atomic mass is 16.6. The van der Waals surface area contributed by atoms with Crippen LogP contribution < -0.4 is 5.32 Å². The van der Waals surface area contributed by atoms with Gasteiger partial charge in [-0.2, -0.15) is 0 Å². The van der Waals surface area contributed by atoms with Gasteiger partial charge in [0, 0.05) is 25.2 Å². The smallest absolute Gasteiger partial charge is 0.410 e. The number of carbonyl (C=O) groups is 1. The van der Waals surface area contributed by atoms with Gasteiger partial charge in [-0.1, -0.05) is 19.8 Å². The van der Waals surface area contributed by atoms with Gasteiger partial charge in [0.15, 0.2) is 0 Å². The molecule has 2 aliphatic rings. The highest BCUT2D eigenvalue weighted by Crippen LogP contribution is 2.24. The molecule has 0 radical (unpaired) electrons. The number of rotatable bonds is 2. The summed E-state index contributed by atoms with van der Waals surface area (Å²) in [6, 6.07) is 1.25. The third-order valence-electron chi connectivity index (χ3n) is 4.88. The maximum Gasteiger partial charge on any atom is 0.410 e. The van der Waals surface area contributed by atoms with Crippen molar-refractivity contribution in [2.24, 2.45) is 5.92 Å². The lowest BCUT2D eigenvalue weighted by atomic mass is 10.0. The van der Waals surface area contributed by atoms with E-state index in [1.54, 1.807) is 0 Å². The van der Waals surface area contributed by atoms with Crippen molar-refractivity contribution in [3.63, 3.8) is 0 Å². The number of hydrogen-bond donors (Lipinski definition) is 1. The Bertz CT molecular complexity index is 357. The van der Waals surface area contributed by atoms with Crippen molar-refractivity contribution in [1.82, 2.24) is 10.2 Å². The van der Waals surface area contributed by atoms with Crippen LogP contribution in [0.25, 0.3) is 0 Å². The number of nitrogens with one attached hydrogen (secondary N) is 1. The highest BCUT2D eigenvalue weighted by Gasteiger charge is 2.28. The van der Waals surface area contributed by atoms with Gasteiger partial charge in [0.1, 0.15) is 5.60 Å². The van der Waals surface area contributed by atoms with Crippen LogP contribution in [0.2, 0.25) is 0 Å². The molecule has 1 aliphatic carbocycles. The van der Waals surface area contributed by atoms with Gasteiger partial charge in [0.25, 0.3) is 0 Å². The molecule has 1 saturated heterocycles. The fourth-order valence-corrected chi connectivity index (χ4v) is 3.54. The number of hydrogen-bond acceptors (Lipinski definition) is 3. The van der Waals surface area contributed by atoms with Crippen LogP contribution in [0.3, 0.4) is 0 Å². The van der Waals surface area contributed by atoms with E-state index in [2.05, 4.69) is 12.2 Å². The van der Waals surface area contributed by atoms with E-state index in [0.717, 1.165) is 31.8 Å². The zero-order chi connectivity index (χ0) is 16.2. The first kappa shape index (κ1) is 17.6. The number of amides is 1. The van der Waals surface area contributed by atoms with Gasteiger partial charge in [0.05, 0.1) is 0 Å². The fourth-order valence-electron chi connectivity index (χ4n) is 3.54. The van der Waals surface area contributed by atoms with Crippen molar-refractivity contribution in [1.29, 1.82) is 0 Å². The minimum absolute atomic E-state index is 0.158. The van der Waals surface area contributed by atoms with Gasteiger partial charge in [-0.3, -0.25) is 0 Å². The predicted octanol–water partition coefficient (Wildman–Crippen LogP) is 3.94. The lowest BCUT2D eigenvalue weighted by molar-refractivity contribution is 0.0195. The lowest BCUT2D eigenvalue weighted by Gasteiger charge is -2.35. The second kappa shape index (κ2) is 7.67. The van der Waals surface area contributed by atoms with E-state index in [9.17, 15) is 4.79 Å². The Morgan fingerprint density at radius 1 is 1.00 bits per heavy atom. The topological polar surface area (TPSA) is 41.6 Å². The molecule has 22 heavy (non-hydrogen) atoms. The normalized spacial score (nSPS) is 28.3. The van der Waals surface area contributed by atoms with Crippen LogP contribution in [-0.4, -0.2) is 41.8 Å². The molecule has 0 spiro atoms. The van der Waals surface area contributed by atoms with Gasteiger partial charge in [-0.15, -0.1) is 0 Å². The second-order valence-corrected chi connectivity index (χ2v) is 8.22. The summed E-state index contributed by atoms with van der Waals surface area (Å²) in [7, 11) is 0. The van der Waals surface area contributed by atoms with Gasteiger partial charge in [-0.05, 0) is 58.8 Å². The molecule has 4 heteroatoms. The SMILES string of the molecule is CC1CCCC(NC2CCN(C(=O)OC(C)(C)C)CC2)CC1. The van der Waals surface area contributed by atoms with E-state index >= 15 is 0 Å². The second-order valence-electron chi connectivity index (χ2n) is 8.22. The summed E-state index contributed by atoms with van der Waals surface area (Å²) in [6.45, 7) is 9.78. The Morgan fingerprint density at radius 3 is 2.27 bits per heavy atom. The molecule has 2 fully saturated rings. The van der Waals surface area contributed by atoms with Crippen LogP contribution >= 0.6 is 0 Å². The van der Waals surface area contributed by atoms with Crippen molar-refractivity contribution >= 4 is 6.09 Å². The molecule has 1 saturated carbocycles. The molecule has 0 bridgehead atoms. The van der Waals surface area contributed by atoms with Crippen molar-refractivity contribution in [3.8, 4) is 0 Å². The first-order chi connectivity index (χ1) is 10.3. The monoisotopic (exact) mass is 310 g/mol. The quantitative estimate of drug-likeness (QED) is 0.785. The third kappa shape index (κ3) is 5.79. The van der Waals surface area contributed by atoms with Gasteiger partial charge in [0.2, 0.25) is 0 Å². The van der Waals surface area contributed by atoms with Crippen LogP contribution in [0.1, 0.15) is 72.6 Å². The molecule has 0 aromatic rings. The molecule has 1 aliphatic heterocycles. The Hall–Kier alpha value is -0.770. The van der Waals surface area contributed by atoms with Crippen LogP contribution in [0.4, 0.5) is 4.79 Å². The molecule has 1 amide bonds. The van der Waals surface area contributed by atoms with Crippen LogP contribution in [-0.2, 0) is 4.74 Å². The van der Waals surface area contributed by atoms with Crippen molar-refractivity contribution < 1.29 is 9.53 Å². The maximum absolute atomic E-state index is 12.1. The Kier molecular flexibility index (Phi) is 6.13. The number of likely N-dealkylation sites (tertiary alicyclic amines) is 1. The summed E-state index contributed by atoms with van der Waals surface area (Å²) in [6.07, 6.45) is 8.66. The molecule has 1 heterocycles. The van der Waals surface area contributed by atoms with Crippen LogP contribution in [0.15, 0.2) is 0 Å². The van der Waals surface area contributed by atoms with E-state index in [1.165, 1.54) is 32.1 Å². The average molecular weight is 310 g/mol. The van der Waals surface area contributed by atoms with Crippen LogP contribution in [0, 0.1) is 5.92 Å². The first-order valence-corrected chi connectivity index (χ1v) is 9.07. The molecule has 128 valence electrons. The largest absolute Gasteiger partial charge is 0.444 e. The summed E-state index contributed by atoms with van der Waals surface area (Å²) in [5.41, 5.74) is -0.400. The molecule has 1 N–H and O–H groups in total. The minimum atomic E-state index is -0.400. The fraction of sp³-hybridized carbons (Fsp3) is 0.944. The Labute approximate surface area is 136 Å². The average Bonchev–Trinajstić information content (AvgIpc) is 2.63. The van der Waals surface area contributed by atoms with Crippen LogP contribution in [0.5, 0.6) is 0 Å². The van der Waals surface area contributed by atoms with E-state index in [0.29, 0.717) is 12.1 Å². The Morgan fingerprint density at radius 2 is 1.64 bits per heavy atom. The standard InChI is InChI=1S/C18H34N2O2/c1-14-6-5-7-15(9-8-14)19-16-10-12-20(13-11-16)17(21)22-18(2,3)4/h14-16,19H,5-13H2,1-4H3. The number of carbonyl (C=O) groups excluding carboxylic acids is 1.